The molecule has 0 fully saturated rings. The van der Waals surface area contributed by atoms with Gasteiger partial charge in [-0.25, -0.2) is 0 Å². The Kier molecular flexibility index (Phi) is 7.93. The van der Waals surface area contributed by atoms with Gasteiger partial charge in [-0.05, 0) is 0 Å². The van der Waals surface area contributed by atoms with Gasteiger partial charge in [0.25, 0.3) is 0 Å². The Morgan fingerprint density at radius 1 is 0.552 bits per heavy atom. The van der Waals surface area contributed by atoms with E-state index in [4.69, 9.17) is 24.2 Å². The van der Waals surface area contributed by atoms with Crippen LogP contribution in [0.4, 0.5) is 0 Å². The minimum atomic E-state index is -3.58. The average molecular weight is 472 g/mol. The summed E-state index contributed by atoms with van der Waals surface area (Å²) in [5.74, 6) is 0. The molecule has 29 heavy (non-hydrogen) atoms. The molecule has 0 aliphatic rings. The van der Waals surface area contributed by atoms with E-state index in [-0.39, 0.29) is 0 Å². The Morgan fingerprint density at radius 3 is 1.10 bits per heavy atom. The topological polar surface area (TPSA) is 27.7 Å². The van der Waals surface area contributed by atoms with E-state index in [0.29, 0.717) is 19.8 Å². The molecule has 0 radical (unpaired) electrons. The molecule has 0 amide bonds. The minimum absolute atomic E-state index is 0.523. The van der Waals surface area contributed by atoms with Crippen molar-refractivity contribution in [2.75, 3.05) is 21.3 Å². The quantitative estimate of drug-likeness (QED) is 0.448. The summed E-state index contributed by atoms with van der Waals surface area (Å²) in [7, 11) is 13.0. The fourth-order valence-electron chi connectivity index (χ4n) is 3.85. The Balaban J connectivity index is 2.35. The molecule has 5 heteroatoms. The number of ether oxygens (including phenoxy) is 3. The molecule has 0 aliphatic carbocycles. The molecule has 0 saturated heterocycles. The molecule has 3 aromatic carbocycles. The number of hydrogen-bond acceptors (Lipinski definition) is 3. The summed E-state index contributed by atoms with van der Waals surface area (Å²) in [5.41, 5.74) is 3.39. The molecule has 0 atom stereocenters. The maximum atomic E-state index is 7.86. The van der Waals surface area contributed by atoms with Gasteiger partial charge in [0, 0.05) is 0 Å². The summed E-state index contributed by atoms with van der Waals surface area (Å²) in [5, 5.41) is 0. The number of benzene rings is 3. The second kappa shape index (κ2) is 10.4. The van der Waals surface area contributed by atoms with Gasteiger partial charge in [0.05, 0.1) is 0 Å². The van der Waals surface area contributed by atoms with Crippen LogP contribution in [0.3, 0.4) is 0 Å². The standard InChI is InChI=1S/C24H27ClGeO3/c1-27-16-19-10-4-7-13-22(19)26(25,23-14-8-5-11-20(23)17-28-2)24-15-9-6-12-21(24)18-29-3/h4-15H,16-18H2,1-3H3. The van der Waals surface area contributed by atoms with Crippen LogP contribution in [-0.2, 0) is 34.0 Å². The number of halogens is 1. The van der Waals surface area contributed by atoms with Crippen molar-refractivity contribution in [1.29, 1.82) is 0 Å². The summed E-state index contributed by atoms with van der Waals surface area (Å²) in [4.78, 5) is 0. The molecule has 3 nitrogen and oxygen atoms in total. The predicted molar refractivity (Wildman–Crippen MR) is 122 cm³/mol. The monoisotopic (exact) mass is 472 g/mol. The summed E-state index contributed by atoms with van der Waals surface area (Å²) >= 11 is -3.58. The van der Waals surface area contributed by atoms with Crippen molar-refractivity contribution in [2.24, 2.45) is 0 Å². The molecule has 3 aromatic rings. The van der Waals surface area contributed by atoms with Gasteiger partial charge in [-0.3, -0.25) is 0 Å². The Morgan fingerprint density at radius 2 is 0.828 bits per heavy atom. The molecule has 0 spiro atoms. The molecular formula is C24H27ClGeO3. The molecule has 0 saturated carbocycles. The number of methoxy groups -OCH3 is 3. The van der Waals surface area contributed by atoms with Gasteiger partial charge in [-0.1, -0.05) is 0 Å². The number of hydrogen-bond donors (Lipinski definition) is 0. The van der Waals surface area contributed by atoms with Crippen molar-refractivity contribution < 1.29 is 14.2 Å². The van der Waals surface area contributed by atoms with Crippen LogP contribution >= 0.6 is 10.0 Å². The Bertz CT molecular complexity index is 824. The van der Waals surface area contributed by atoms with Gasteiger partial charge in [-0.15, -0.1) is 0 Å². The zero-order chi connectivity index (χ0) is 20.7. The van der Waals surface area contributed by atoms with E-state index in [0.717, 1.165) is 16.7 Å². The van der Waals surface area contributed by atoms with E-state index < -0.39 is 12.3 Å². The molecule has 0 unspecified atom stereocenters. The Hall–Kier alpha value is -1.63. The number of rotatable bonds is 9. The van der Waals surface area contributed by atoms with E-state index >= 15 is 0 Å². The van der Waals surface area contributed by atoms with Crippen LogP contribution in [0.5, 0.6) is 0 Å². The van der Waals surface area contributed by atoms with Crippen LogP contribution in [0, 0.1) is 0 Å². The first-order chi connectivity index (χ1) is 14.2. The Labute approximate surface area is 180 Å². The third-order valence-electron chi connectivity index (χ3n) is 5.07. The van der Waals surface area contributed by atoms with Gasteiger partial charge < -0.3 is 0 Å². The molecule has 0 aliphatic heterocycles. The van der Waals surface area contributed by atoms with E-state index in [1.807, 2.05) is 18.2 Å². The van der Waals surface area contributed by atoms with Crippen LogP contribution < -0.4 is 13.2 Å². The molecule has 0 bridgehead atoms. The van der Waals surface area contributed by atoms with Crippen molar-refractivity contribution in [3.8, 4) is 0 Å². The van der Waals surface area contributed by atoms with Crippen molar-refractivity contribution in [1.82, 2.24) is 0 Å². The average Bonchev–Trinajstić information content (AvgIpc) is 2.75. The summed E-state index contributed by atoms with van der Waals surface area (Å²) < 4.78 is 20.1. The molecular weight excluding hydrogens is 444 g/mol. The van der Waals surface area contributed by atoms with Crippen LogP contribution in [0.25, 0.3) is 0 Å². The van der Waals surface area contributed by atoms with E-state index in [1.54, 1.807) is 21.3 Å². The molecule has 0 aromatic heterocycles. The summed E-state index contributed by atoms with van der Waals surface area (Å²) in [6, 6.07) is 25.1. The molecule has 152 valence electrons. The molecule has 0 heterocycles. The van der Waals surface area contributed by atoms with E-state index in [9.17, 15) is 0 Å². The van der Waals surface area contributed by atoms with Crippen molar-refractivity contribution in [2.45, 2.75) is 19.8 Å². The third kappa shape index (κ3) is 4.60. The normalized spacial score (nSPS) is 11.6. The van der Waals surface area contributed by atoms with Gasteiger partial charge in [0.2, 0.25) is 0 Å². The SMILES string of the molecule is COCc1cccc[c]1[Ge]([Cl])([c]1ccccc1COC)[c]1ccccc1COC. The van der Waals surface area contributed by atoms with Crippen molar-refractivity contribution in [3.63, 3.8) is 0 Å². The first-order valence-corrected chi connectivity index (χ1v) is 15.5. The van der Waals surface area contributed by atoms with Crippen molar-refractivity contribution >= 4 is 35.5 Å². The van der Waals surface area contributed by atoms with Gasteiger partial charge >= 0.3 is 180 Å². The van der Waals surface area contributed by atoms with Gasteiger partial charge in [-0.2, -0.15) is 0 Å². The van der Waals surface area contributed by atoms with Crippen LogP contribution in [0.1, 0.15) is 16.7 Å². The van der Waals surface area contributed by atoms with E-state index in [1.165, 1.54) is 13.2 Å². The maximum absolute atomic E-state index is 7.86. The molecule has 3 rings (SSSR count). The zero-order valence-electron chi connectivity index (χ0n) is 17.2. The van der Waals surface area contributed by atoms with E-state index in [2.05, 4.69) is 54.6 Å². The second-order valence-electron chi connectivity index (χ2n) is 6.93. The third-order valence-corrected chi connectivity index (χ3v) is 16.0. The summed E-state index contributed by atoms with van der Waals surface area (Å²) in [6.45, 7) is 1.57. The first-order valence-electron chi connectivity index (χ1n) is 9.57. The van der Waals surface area contributed by atoms with Gasteiger partial charge in [0.1, 0.15) is 0 Å². The first kappa shape index (κ1) is 22.1. The van der Waals surface area contributed by atoms with Crippen LogP contribution in [0.2, 0.25) is 0 Å². The van der Waals surface area contributed by atoms with Crippen LogP contribution in [-0.4, -0.2) is 33.7 Å². The second-order valence-corrected chi connectivity index (χ2v) is 16.0. The zero-order valence-corrected chi connectivity index (χ0v) is 20.0. The fraction of sp³-hybridized carbons (Fsp3) is 0.250. The van der Waals surface area contributed by atoms with Crippen molar-refractivity contribution in [3.05, 3.63) is 89.5 Å². The predicted octanol–water partition coefficient (Wildman–Crippen LogP) is 3.33. The fourth-order valence-corrected chi connectivity index (χ4v) is 14.4. The van der Waals surface area contributed by atoms with Gasteiger partial charge in [0.15, 0.2) is 0 Å². The van der Waals surface area contributed by atoms with Crippen LogP contribution in [0.15, 0.2) is 72.8 Å². The molecule has 0 N–H and O–H groups in total. The summed E-state index contributed by atoms with van der Waals surface area (Å²) in [6.07, 6.45) is 0.